The minimum atomic E-state index is -1.01. The number of benzene rings is 4. The summed E-state index contributed by atoms with van der Waals surface area (Å²) in [5.74, 6) is 0.584. The van der Waals surface area contributed by atoms with Crippen LogP contribution >= 0.6 is 27.5 Å². The van der Waals surface area contributed by atoms with Gasteiger partial charge in [-0.2, -0.15) is 13.9 Å². The van der Waals surface area contributed by atoms with Crippen LogP contribution in [0.2, 0.25) is 5.28 Å². The molecule has 0 radical (unpaired) electrons. The third kappa shape index (κ3) is 34.8. The number of fused-ring (bicyclic) bond motifs is 1. The molecule has 0 aliphatic carbocycles. The summed E-state index contributed by atoms with van der Waals surface area (Å²) in [6.07, 6.45) is 9.02. The quantitative estimate of drug-likeness (QED) is 0.00833. The summed E-state index contributed by atoms with van der Waals surface area (Å²) in [5.41, 5.74) is 8.53. The Hall–Kier alpha value is -14.3. The van der Waals surface area contributed by atoms with Gasteiger partial charge in [0.05, 0.1) is 99.9 Å². The summed E-state index contributed by atoms with van der Waals surface area (Å²) in [6.45, 7) is 26.3. The highest BCUT2D eigenvalue weighted by molar-refractivity contribution is 9.10. The Morgan fingerprint density at radius 2 is 0.819 bits per heavy atom. The minimum absolute atomic E-state index is 0.00511. The molecule has 4 aliphatic heterocycles. The first kappa shape index (κ1) is 115. The molecule has 7 N–H and O–H groups in total. The van der Waals surface area contributed by atoms with Gasteiger partial charge in [0.25, 0.3) is 11.4 Å². The third-order valence-electron chi connectivity index (χ3n) is 21.4. The molecule has 0 bridgehead atoms. The number of ether oxygens (including phenoxy) is 7. The molecule has 4 fully saturated rings. The van der Waals surface area contributed by atoms with Gasteiger partial charge in [0.15, 0.2) is 5.65 Å². The number of likely N-dealkylation sites (N-methyl/N-ethyl adjacent to an activating group) is 6. The number of nitrogens with zero attached hydrogens (tertiary/aromatic N) is 23. The molecule has 4 saturated heterocycles. The Bertz CT molecular complexity index is 6040. The lowest BCUT2D eigenvalue weighted by Gasteiger charge is -2.39. The van der Waals surface area contributed by atoms with Gasteiger partial charge in [0.2, 0.25) is 34.8 Å². The fraction of sp³-hybridized carbons (Fsp3) is 0.473. The van der Waals surface area contributed by atoms with Crippen molar-refractivity contribution in [2.24, 2.45) is 7.05 Å². The topological polar surface area (TPSA) is 534 Å². The van der Waals surface area contributed by atoms with Crippen LogP contribution in [-0.2, 0) is 21.3 Å². The van der Waals surface area contributed by atoms with E-state index >= 15 is 0 Å². The molecule has 4 aromatic carbocycles. The van der Waals surface area contributed by atoms with Crippen molar-refractivity contribution in [1.29, 1.82) is 0 Å². The predicted molar refractivity (Wildman–Crippen MR) is 546 cm³/mol. The van der Waals surface area contributed by atoms with Crippen molar-refractivity contribution in [2.45, 2.75) is 103 Å². The van der Waals surface area contributed by atoms with Crippen LogP contribution in [0.5, 0.6) is 23.0 Å². The highest BCUT2D eigenvalue weighted by Crippen LogP contribution is 2.43. The van der Waals surface area contributed by atoms with Crippen molar-refractivity contribution in [3.05, 3.63) is 201 Å². The molecule has 0 unspecified atom stereocenters. The predicted octanol–water partition coefficient (Wildman–Crippen LogP) is 14.2. The van der Waals surface area contributed by atoms with E-state index in [0.29, 0.717) is 104 Å². The normalized spacial score (nSPS) is 13.4. The van der Waals surface area contributed by atoms with Gasteiger partial charge in [-0.25, -0.2) is 59.2 Å². The molecule has 4 aliphatic rings. The monoisotopic (exact) mass is 2090 g/mol. The van der Waals surface area contributed by atoms with Gasteiger partial charge < -0.3 is 105 Å². The lowest BCUT2D eigenvalue weighted by molar-refractivity contribution is -0.387. The zero-order valence-electron chi connectivity index (χ0n) is 84.9. The number of methoxy groups -OCH3 is 4. The number of nitrogen functional groups attached to an aromatic ring is 1. The van der Waals surface area contributed by atoms with Crippen molar-refractivity contribution < 1.29 is 76.0 Å². The first-order chi connectivity index (χ1) is 67.8. The van der Waals surface area contributed by atoms with E-state index < -0.39 is 54.6 Å². The van der Waals surface area contributed by atoms with Crippen molar-refractivity contribution in [2.75, 3.05) is 215 Å². The first-order valence-corrected chi connectivity index (χ1v) is 46.4. The molecule has 780 valence electrons. The summed E-state index contributed by atoms with van der Waals surface area (Å²) in [6, 6.07) is 19.2. The second-order valence-electron chi connectivity index (χ2n) is 37.0. The molecule has 10 aromatic rings. The SMILES string of the molecule is CC(C)(C)OC(=O)N1CC(c2ccnc(Cl)n2)C1.CNCCN(C)C.COc1cc(F)c([N+](=O)[O-])cc1N.COc1cc(F)c([N+](=O)[O-])cc1Nc1nccc(C2CN(C(=O)OC(C)(C)C)C2)n1.COc1cc(N(C)CCN(C)C)c([N+](=O)[O-])cc1Nc1nccc(C2CN(C(=O)OC(C)(C)C)C2)n1.COc1cc(N(C)CCN(C)C)c([N+](=O)[O-])cc1Nc1nccc(C2CNC2)n1.Cn1ncc2cc(Br)cnc21. The van der Waals surface area contributed by atoms with Crippen LogP contribution in [0.4, 0.5) is 97.9 Å². The molecular weight excluding hydrogens is 1960 g/mol. The number of rotatable bonds is 29. The van der Waals surface area contributed by atoms with E-state index in [1.807, 2.05) is 136 Å². The number of nitro benzene ring substituents is 4. The Morgan fingerprint density at radius 3 is 1.15 bits per heavy atom. The highest BCUT2D eigenvalue weighted by atomic mass is 79.9. The number of anilines is 9. The molecule has 0 saturated carbocycles. The molecule has 14 rings (SSSR count). The largest absolute Gasteiger partial charge is 0.494 e. The smallest absolute Gasteiger partial charge is 0.410 e. The average Bonchev–Trinajstić information content (AvgIpc) is 0.903. The van der Waals surface area contributed by atoms with E-state index in [2.05, 4.69) is 116 Å². The Balaban J connectivity index is 0.000000216. The van der Waals surface area contributed by atoms with Crippen molar-refractivity contribution >= 4 is 132 Å². The van der Waals surface area contributed by atoms with Gasteiger partial charge in [-0.05, 0) is 170 Å². The summed E-state index contributed by atoms with van der Waals surface area (Å²) in [7, 11) is 25.1. The van der Waals surface area contributed by atoms with Gasteiger partial charge >= 0.3 is 29.7 Å². The number of hydrogen-bond donors (Lipinski definition) is 6. The number of aromatic nitrogens is 11. The molecular formula is C93H127BrClF2N29O18. The van der Waals surface area contributed by atoms with Crippen LogP contribution in [0.3, 0.4) is 0 Å². The van der Waals surface area contributed by atoms with Gasteiger partial charge in [-0.1, -0.05) is 0 Å². The maximum Gasteiger partial charge on any atom is 0.410 e. The number of hydrogen-bond acceptors (Lipinski definition) is 39. The molecule has 144 heavy (non-hydrogen) atoms. The number of nitro groups is 4. The van der Waals surface area contributed by atoms with E-state index in [4.69, 9.17) is 45.8 Å². The molecule has 0 spiro atoms. The number of carbonyl (C=O) groups excluding carboxylic acids is 3. The number of nitrogens with one attached hydrogen (secondary N) is 5. The van der Waals surface area contributed by atoms with Gasteiger partial charge in [-0.15, -0.1) is 0 Å². The van der Waals surface area contributed by atoms with Crippen molar-refractivity contribution in [3.8, 4) is 23.0 Å². The molecule has 51 heteroatoms. The number of halogens is 4. The fourth-order valence-corrected chi connectivity index (χ4v) is 14.0. The zero-order chi connectivity index (χ0) is 107. The second kappa shape index (κ2) is 52.6. The number of pyridine rings is 1. The fourth-order valence-electron chi connectivity index (χ4n) is 13.5. The Kier molecular flexibility index (Phi) is 42.0. The number of aryl methyl sites for hydroxylation is 1. The average molecular weight is 2090 g/mol. The van der Waals surface area contributed by atoms with E-state index in [1.54, 1.807) is 95.4 Å². The number of carbonyl (C=O) groups is 3. The van der Waals surface area contributed by atoms with Gasteiger partial charge in [0.1, 0.15) is 51.2 Å². The third-order valence-corrected chi connectivity index (χ3v) is 22.0. The number of amides is 3. The van der Waals surface area contributed by atoms with E-state index in [1.165, 1.54) is 46.8 Å². The summed E-state index contributed by atoms with van der Waals surface area (Å²) in [5, 5.41) is 65.4. The first-order valence-electron chi connectivity index (χ1n) is 45.2. The van der Waals surface area contributed by atoms with Gasteiger partial charge in [0, 0.05) is 226 Å². The lowest BCUT2D eigenvalue weighted by Crippen LogP contribution is -2.50. The van der Waals surface area contributed by atoms with E-state index in [0.717, 1.165) is 96.1 Å². The number of nitrogens with two attached hydrogens (primary N) is 1. The minimum Gasteiger partial charge on any atom is -0.494 e. The van der Waals surface area contributed by atoms with Crippen LogP contribution < -0.4 is 61.1 Å². The second-order valence-corrected chi connectivity index (χ2v) is 38.2. The Morgan fingerprint density at radius 1 is 0.479 bits per heavy atom. The van der Waals surface area contributed by atoms with Crippen molar-refractivity contribution in [3.63, 3.8) is 0 Å². The van der Waals surface area contributed by atoms with E-state index in [9.17, 15) is 63.6 Å². The molecule has 47 nitrogen and oxygen atoms in total. The Labute approximate surface area is 846 Å². The highest BCUT2D eigenvalue weighted by Gasteiger charge is 2.40. The maximum absolute atomic E-state index is 13.8. The van der Waals surface area contributed by atoms with Crippen LogP contribution in [0, 0.1) is 52.1 Å². The zero-order valence-corrected chi connectivity index (χ0v) is 87.2. The number of likely N-dealkylation sites (tertiary alicyclic amines) is 3. The van der Waals surface area contributed by atoms with Crippen molar-refractivity contribution in [1.82, 2.24) is 94.7 Å². The standard InChI is InChI=1S/C24H35N7O5.C19H22FN5O5.C19H27N7O3.C12H16ClN3O2.C7H6BrN3.C7H7FN2O3.C5H14N2/c1-24(2,3)36-23(32)30-14-16(15-30)17-8-9-25-22(26-17)27-18-12-20(31(33)34)19(13-21(18)35-7)29(6)11-10-28(4)5;1-19(2,3)30-18(26)24-9-11(10-24)13-5-6-21-17(22-13)23-14-8-15(25(27)28)12(20)7-16(14)29-4;1-24(2)7-8-25(3)16-10-18(29-4)15(9-17(16)26(27)28)23-19-21-6-5-14(22-19)13-11-20-12-13;1-12(2,3)18-11(17)16-6-8(7-16)9-4-5-14-10(13)15-9;1-11-7-5(3-10-11)2-6(8)4-9-7;1-13-7-2-4(8)6(10(11)12)3-5(7)9;1-6-4-5-7(2)3/h8-9,12-13,16H,10-11,14-15H2,1-7H3,(H,25,26,27);5-8,11H,9-10H2,1-4H3,(H,21,22,23);5-6,9-10,13,20H,7-8,11-12H2,1-4H3,(H,21,22,23);4-5,8H,6-7H2,1-3H3;2-4H,1H3;2-3H,9H2,1H3;6H,4-5H2,1-3H3. The van der Waals surface area contributed by atoms with Gasteiger partial charge in [-0.3, -0.25) is 45.1 Å². The summed E-state index contributed by atoms with van der Waals surface area (Å²) in [4.78, 5) is 131. The van der Waals surface area contributed by atoms with E-state index in [-0.39, 0.29) is 92.4 Å². The molecule has 3 amide bonds. The molecule has 6 aromatic heterocycles. The molecule has 10 heterocycles. The summed E-state index contributed by atoms with van der Waals surface area (Å²) < 4.78 is 66.2. The van der Waals surface area contributed by atoms with Crippen LogP contribution in [0.25, 0.3) is 11.0 Å². The molecule has 0 atom stereocenters. The van der Waals surface area contributed by atoms with Crippen LogP contribution in [0.1, 0.15) is 109 Å². The van der Waals surface area contributed by atoms with Crippen LogP contribution in [-0.4, -0.2) is 322 Å². The van der Waals surface area contributed by atoms with Crippen LogP contribution in [0.15, 0.2) is 121 Å². The maximum atomic E-state index is 13.8. The summed E-state index contributed by atoms with van der Waals surface area (Å²) >= 11 is 9.07. The lowest BCUT2D eigenvalue weighted by atomic mass is 9.97.